The highest BCUT2D eigenvalue weighted by molar-refractivity contribution is 8.00. The number of carbonyl (C=O) groups excluding carboxylic acids is 2. The Balaban J connectivity index is 1.50. The van der Waals surface area contributed by atoms with Crippen LogP contribution in [0.4, 0.5) is 14.5 Å². The molecule has 0 aliphatic carbocycles. The largest absolute Gasteiger partial charge is 0.486 e. The Bertz CT molecular complexity index is 893. The highest BCUT2D eigenvalue weighted by atomic mass is 32.2. The van der Waals surface area contributed by atoms with E-state index < -0.39 is 29.6 Å². The van der Waals surface area contributed by atoms with Crippen LogP contribution in [0.2, 0.25) is 0 Å². The summed E-state index contributed by atoms with van der Waals surface area (Å²) in [6.45, 7) is 2.30. The second kappa shape index (κ2) is 8.92. The van der Waals surface area contributed by atoms with E-state index in [-0.39, 0.29) is 11.4 Å². The van der Waals surface area contributed by atoms with Gasteiger partial charge in [0.15, 0.2) is 17.6 Å². The number of amides is 1. The van der Waals surface area contributed by atoms with E-state index in [4.69, 9.17) is 14.2 Å². The summed E-state index contributed by atoms with van der Waals surface area (Å²) in [7, 11) is 0. The van der Waals surface area contributed by atoms with E-state index in [1.54, 1.807) is 18.2 Å². The monoisotopic (exact) mass is 409 g/mol. The van der Waals surface area contributed by atoms with Crippen LogP contribution in [0.3, 0.4) is 0 Å². The lowest BCUT2D eigenvalue weighted by Gasteiger charge is -2.18. The number of thioether (sulfide) groups is 1. The molecule has 9 heteroatoms. The molecule has 2 aromatic carbocycles. The Hall–Kier alpha value is -2.81. The number of hydrogen-bond acceptors (Lipinski definition) is 6. The van der Waals surface area contributed by atoms with E-state index in [1.165, 1.54) is 18.7 Å². The summed E-state index contributed by atoms with van der Waals surface area (Å²) < 4.78 is 42.7. The molecule has 0 bridgehead atoms. The number of ether oxygens (including phenoxy) is 3. The third kappa shape index (κ3) is 5.13. The van der Waals surface area contributed by atoms with Gasteiger partial charge in [-0.25, -0.2) is 8.78 Å². The molecular weight excluding hydrogens is 392 g/mol. The molecule has 6 nitrogen and oxygen atoms in total. The van der Waals surface area contributed by atoms with Crippen LogP contribution in [-0.4, -0.2) is 36.9 Å². The first kappa shape index (κ1) is 19.9. The fourth-order valence-electron chi connectivity index (χ4n) is 2.37. The van der Waals surface area contributed by atoms with Crippen LogP contribution in [-0.2, 0) is 14.3 Å². The molecule has 0 radical (unpaired) electrons. The van der Waals surface area contributed by atoms with Crippen LogP contribution < -0.4 is 14.8 Å². The fraction of sp³-hybridized carbons (Fsp3) is 0.263. The smallest absolute Gasteiger partial charge is 0.317 e. The van der Waals surface area contributed by atoms with Gasteiger partial charge in [-0.15, -0.1) is 11.8 Å². The standard InChI is InChI=1S/C19H17F2NO5S/c1-11(19(24)22-15-8-12(20)2-4-14(15)21)27-18(23)10-28-13-3-5-16-17(9-13)26-7-6-25-16/h2-5,8-9,11H,6-7,10H2,1H3,(H,22,24)/t11-/m0/s1. The van der Waals surface area contributed by atoms with Crippen molar-refractivity contribution in [2.24, 2.45) is 0 Å². The Morgan fingerprint density at radius 1 is 1.14 bits per heavy atom. The van der Waals surface area contributed by atoms with Crippen molar-refractivity contribution in [3.8, 4) is 11.5 Å². The third-order valence-electron chi connectivity index (χ3n) is 3.73. The lowest BCUT2D eigenvalue weighted by atomic mass is 10.2. The number of carbonyl (C=O) groups is 2. The van der Waals surface area contributed by atoms with Gasteiger partial charge in [0.1, 0.15) is 24.8 Å². The molecular formula is C19H17F2NO5S. The van der Waals surface area contributed by atoms with Gasteiger partial charge in [0.05, 0.1) is 11.4 Å². The number of fused-ring (bicyclic) bond motifs is 1. The Morgan fingerprint density at radius 3 is 2.68 bits per heavy atom. The van der Waals surface area contributed by atoms with E-state index in [0.29, 0.717) is 24.7 Å². The molecule has 0 unspecified atom stereocenters. The molecule has 1 amide bonds. The molecule has 28 heavy (non-hydrogen) atoms. The summed E-state index contributed by atoms with van der Waals surface area (Å²) in [6.07, 6.45) is -1.17. The highest BCUT2D eigenvalue weighted by Gasteiger charge is 2.20. The predicted molar refractivity (Wildman–Crippen MR) is 98.7 cm³/mol. The maximum Gasteiger partial charge on any atom is 0.317 e. The van der Waals surface area contributed by atoms with Crippen LogP contribution in [0.15, 0.2) is 41.3 Å². The summed E-state index contributed by atoms with van der Waals surface area (Å²) in [4.78, 5) is 24.8. The van der Waals surface area contributed by atoms with Crippen molar-refractivity contribution in [1.82, 2.24) is 0 Å². The summed E-state index contributed by atoms with van der Waals surface area (Å²) in [5, 5.41) is 2.20. The molecule has 1 atom stereocenters. The van der Waals surface area contributed by atoms with Crippen LogP contribution in [0.5, 0.6) is 11.5 Å². The maximum absolute atomic E-state index is 13.6. The second-order valence-electron chi connectivity index (χ2n) is 5.84. The number of nitrogens with one attached hydrogen (secondary N) is 1. The SMILES string of the molecule is C[C@H](OC(=O)CSc1ccc2c(c1)OCCO2)C(=O)Nc1cc(F)ccc1F. The van der Waals surface area contributed by atoms with Crippen molar-refractivity contribution in [2.75, 3.05) is 24.3 Å². The number of hydrogen-bond donors (Lipinski definition) is 1. The van der Waals surface area contributed by atoms with Gasteiger partial charge in [0.25, 0.3) is 5.91 Å². The first-order chi connectivity index (χ1) is 13.4. The molecule has 148 valence electrons. The number of esters is 1. The van der Waals surface area contributed by atoms with Gasteiger partial charge >= 0.3 is 5.97 Å². The first-order valence-electron chi connectivity index (χ1n) is 8.40. The van der Waals surface area contributed by atoms with Crippen molar-refractivity contribution >= 4 is 29.3 Å². The van der Waals surface area contributed by atoms with E-state index in [9.17, 15) is 18.4 Å². The average Bonchev–Trinajstić information content (AvgIpc) is 2.69. The minimum atomic E-state index is -1.17. The fourth-order valence-corrected chi connectivity index (χ4v) is 3.08. The van der Waals surface area contributed by atoms with Crippen molar-refractivity contribution in [3.05, 3.63) is 48.0 Å². The zero-order valence-corrected chi connectivity index (χ0v) is 15.7. The van der Waals surface area contributed by atoms with Crippen molar-refractivity contribution < 1.29 is 32.6 Å². The normalized spacial score (nSPS) is 13.5. The van der Waals surface area contributed by atoms with Crippen molar-refractivity contribution in [3.63, 3.8) is 0 Å². The number of rotatable bonds is 6. The molecule has 1 aliphatic heterocycles. The van der Waals surface area contributed by atoms with Gasteiger partial charge in [0.2, 0.25) is 0 Å². The summed E-state index contributed by atoms with van der Waals surface area (Å²) >= 11 is 1.21. The van der Waals surface area contributed by atoms with E-state index in [0.717, 1.165) is 23.1 Å². The molecule has 3 rings (SSSR count). The minimum Gasteiger partial charge on any atom is -0.486 e. The van der Waals surface area contributed by atoms with Crippen LogP contribution >= 0.6 is 11.8 Å². The molecule has 2 aromatic rings. The Morgan fingerprint density at radius 2 is 1.89 bits per heavy atom. The second-order valence-corrected chi connectivity index (χ2v) is 6.89. The van der Waals surface area contributed by atoms with E-state index in [1.807, 2.05) is 0 Å². The molecule has 0 saturated carbocycles. The summed E-state index contributed by atoms with van der Waals surface area (Å²) in [5.74, 6) is -1.66. The van der Waals surface area contributed by atoms with Gasteiger partial charge in [-0.1, -0.05) is 0 Å². The molecule has 1 N–H and O–H groups in total. The van der Waals surface area contributed by atoms with E-state index >= 15 is 0 Å². The van der Waals surface area contributed by atoms with Gasteiger partial charge in [0, 0.05) is 11.0 Å². The number of benzene rings is 2. The zero-order chi connectivity index (χ0) is 20.1. The Labute approximate surface area is 164 Å². The summed E-state index contributed by atoms with van der Waals surface area (Å²) in [5.41, 5.74) is -0.321. The first-order valence-corrected chi connectivity index (χ1v) is 9.39. The number of halogens is 2. The number of anilines is 1. The molecule has 0 aromatic heterocycles. The van der Waals surface area contributed by atoms with Crippen LogP contribution in [0, 0.1) is 11.6 Å². The van der Waals surface area contributed by atoms with Crippen molar-refractivity contribution in [2.45, 2.75) is 17.9 Å². The minimum absolute atomic E-state index is 0.0361. The molecule has 0 spiro atoms. The lowest BCUT2D eigenvalue weighted by Crippen LogP contribution is -2.30. The average molecular weight is 409 g/mol. The maximum atomic E-state index is 13.6. The molecule has 0 fully saturated rings. The molecule has 1 heterocycles. The van der Waals surface area contributed by atoms with Crippen LogP contribution in [0.25, 0.3) is 0 Å². The molecule has 0 saturated heterocycles. The summed E-state index contributed by atoms with van der Waals surface area (Å²) in [6, 6.07) is 7.98. The third-order valence-corrected chi connectivity index (χ3v) is 4.70. The Kier molecular flexibility index (Phi) is 6.35. The van der Waals surface area contributed by atoms with Crippen molar-refractivity contribution in [1.29, 1.82) is 0 Å². The quantitative estimate of drug-likeness (QED) is 0.582. The predicted octanol–water partition coefficient (Wildman–Crippen LogP) is 3.40. The van der Waals surface area contributed by atoms with Gasteiger partial charge < -0.3 is 19.5 Å². The topological polar surface area (TPSA) is 73.9 Å². The van der Waals surface area contributed by atoms with Crippen LogP contribution in [0.1, 0.15) is 6.92 Å². The van der Waals surface area contributed by atoms with Gasteiger partial charge in [-0.2, -0.15) is 0 Å². The van der Waals surface area contributed by atoms with Gasteiger partial charge in [-0.3, -0.25) is 9.59 Å². The zero-order valence-electron chi connectivity index (χ0n) is 14.9. The van der Waals surface area contributed by atoms with Gasteiger partial charge in [-0.05, 0) is 37.3 Å². The van der Waals surface area contributed by atoms with E-state index in [2.05, 4.69) is 5.32 Å². The molecule has 1 aliphatic rings. The lowest BCUT2D eigenvalue weighted by molar-refractivity contribution is -0.150. The highest BCUT2D eigenvalue weighted by Crippen LogP contribution is 2.34.